The van der Waals surface area contributed by atoms with E-state index in [9.17, 15) is 32.5 Å². The van der Waals surface area contributed by atoms with Gasteiger partial charge in [0.15, 0.2) is 5.25 Å². The predicted octanol–water partition coefficient (Wildman–Crippen LogP) is 2.82. The molecule has 0 saturated carbocycles. The Hall–Kier alpha value is 0.320. The molecule has 3 unspecified atom stereocenters. The second kappa shape index (κ2) is 40.5. The van der Waals surface area contributed by atoms with Gasteiger partial charge in [0.2, 0.25) is 0 Å². The van der Waals surface area contributed by atoms with Gasteiger partial charge in [-0.1, -0.05) is 163 Å². The molecule has 50 heavy (non-hydrogen) atoms. The maximum atomic E-state index is 12.1. The molecule has 9 nitrogen and oxygen atoms in total. The number of unbranched alkanes of at least 4 members (excludes halogenated alkanes) is 16. The molecule has 0 aromatic rings. The van der Waals surface area contributed by atoms with Crippen molar-refractivity contribution >= 4 is 28.0 Å². The van der Waals surface area contributed by atoms with Crippen LogP contribution in [-0.4, -0.2) is 49.3 Å². The summed E-state index contributed by atoms with van der Waals surface area (Å²) in [7, 11) is -5.01. The van der Waals surface area contributed by atoms with Crippen molar-refractivity contribution in [2.24, 2.45) is 11.8 Å². The van der Waals surface area contributed by atoms with E-state index in [-0.39, 0.29) is 90.6 Å². The van der Waals surface area contributed by atoms with Crippen LogP contribution in [-0.2, 0) is 34.0 Å². The second-order valence-electron chi connectivity index (χ2n) is 13.4. The Morgan fingerprint density at radius 3 is 1.26 bits per heavy atom. The predicted molar refractivity (Wildman–Crippen MR) is 191 cm³/mol. The average molecular weight is 751 g/mol. The van der Waals surface area contributed by atoms with Crippen molar-refractivity contribution in [1.82, 2.24) is 0 Å². The third kappa shape index (κ3) is 38.1. The zero-order valence-electron chi connectivity index (χ0n) is 33.4. The Labute approximate surface area is 351 Å². The second-order valence-corrected chi connectivity index (χ2v) is 15.0. The molecular formula is C38H72Na2O9S. The summed E-state index contributed by atoms with van der Waals surface area (Å²) in [6.07, 6.45) is 26.4. The molecule has 0 aliphatic rings. The minimum absolute atomic E-state index is 0. The fourth-order valence-electron chi connectivity index (χ4n) is 5.45. The van der Waals surface area contributed by atoms with Gasteiger partial charge in [0, 0.05) is 5.97 Å². The molecule has 0 fully saturated rings. The van der Waals surface area contributed by atoms with Crippen LogP contribution in [0.25, 0.3) is 0 Å². The summed E-state index contributed by atoms with van der Waals surface area (Å²) in [5, 5.41) is 8.17. The number of rotatable bonds is 32. The van der Waals surface area contributed by atoms with Crippen LogP contribution in [0.3, 0.4) is 0 Å². The van der Waals surface area contributed by atoms with Crippen molar-refractivity contribution in [2.45, 2.75) is 200 Å². The van der Waals surface area contributed by atoms with Crippen LogP contribution in [0.5, 0.6) is 0 Å². The van der Waals surface area contributed by atoms with E-state index in [2.05, 4.69) is 20.8 Å². The van der Waals surface area contributed by atoms with Crippen molar-refractivity contribution in [3.05, 3.63) is 0 Å². The SMILES string of the molecule is CCCCC(CC)COC(=O)CC(C(=O)OCC(CC)CCCC)S(=O)(=O)[O-].CCCCCCCCCCCCCCCCCC(=O)[O-].[Na+].[Na+]. The maximum absolute atomic E-state index is 12.1. The monoisotopic (exact) mass is 750 g/mol. The van der Waals surface area contributed by atoms with E-state index in [4.69, 9.17) is 9.47 Å². The molecule has 0 aromatic carbocycles. The molecule has 0 rings (SSSR count). The van der Waals surface area contributed by atoms with Crippen molar-refractivity contribution < 1.29 is 101 Å². The van der Waals surface area contributed by atoms with E-state index in [1.807, 2.05) is 13.8 Å². The number of hydrogen-bond donors (Lipinski definition) is 0. The minimum Gasteiger partial charge on any atom is -0.747 e. The van der Waals surface area contributed by atoms with Gasteiger partial charge in [-0.15, -0.1) is 0 Å². The van der Waals surface area contributed by atoms with Gasteiger partial charge < -0.3 is 23.9 Å². The van der Waals surface area contributed by atoms with Gasteiger partial charge in [-0.2, -0.15) is 0 Å². The summed E-state index contributed by atoms with van der Waals surface area (Å²) in [5.74, 6) is -2.65. The van der Waals surface area contributed by atoms with Crippen molar-refractivity contribution in [1.29, 1.82) is 0 Å². The fourth-order valence-corrected chi connectivity index (χ4v) is 6.10. The molecule has 0 N–H and O–H groups in total. The molecule has 0 aliphatic carbocycles. The van der Waals surface area contributed by atoms with Crippen molar-refractivity contribution in [3.63, 3.8) is 0 Å². The Kier molecular flexibility index (Phi) is 46.2. The molecule has 0 aromatic heterocycles. The average Bonchev–Trinajstić information content (AvgIpc) is 3.05. The van der Waals surface area contributed by atoms with Crippen LogP contribution in [0.1, 0.15) is 195 Å². The van der Waals surface area contributed by atoms with Crippen LogP contribution in [0.4, 0.5) is 0 Å². The van der Waals surface area contributed by atoms with Crippen molar-refractivity contribution in [3.8, 4) is 0 Å². The van der Waals surface area contributed by atoms with Gasteiger partial charge in [-0.3, -0.25) is 9.59 Å². The first kappa shape index (κ1) is 57.0. The number of esters is 2. The summed E-state index contributed by atoms with van der Waals surface area (Å²) < 4.78 is 44.6. The van der Waals surface area contributed by atoms with E-state index in [0.29, 0.717) is 0 Å². The molecule has 0 amide bonds. The van der Waals surface area contributed by atoms with E-state index < -0.39 is 39.7 Å². The van der Waals surface area contributed by atoms with Crippen LogP contribution >= 0.6 is 0 Å². The van der Waals surface area contributed by atoms with Crippen LogP contribution in [0, 0.1) is 11.8 Å². The van der Waals surface area contributed by atoms with Gasteiger partial charge in [-0.25, -0.2) is 8.42 Å². The smallest absolute Gasteiger partial charge is 0.747 e. The zero-order valence-corrected chi connectivity index (χ0v) is 38.2. The molecule has 0 spiro atoms. The number of aliphatic carboxylic acids is 1. The first-order valence-corrected chi connectivity index (χ1v) is 20.9. The number of carboxylic acid groups (broad SMARTS) is 1. The summed E-state index contributed by atoms with van der Waals surface area (Å²) in [6.45, 7) is 10.5. The number of carbonyl (C=O) groups excluding carboxylic acids is 3. The van der Waals surface area contributed by atoms with E-state index >= 15 is 0 Å². The third-order valence-corrected chi connectivity index (χ3v) is 10.0. The molecule has 12 heteroatoms. The molecule has 0 bridgehead atoms. The normalized spacial score (nSPS) is 12.7. The quantitative estimate of drug-likeness (QED) is 0.0438. The van der Waals surface area contributed by atoms with Crippen LogP contribution in [0.2, 0.25) is 0 Å². The van der Waals surface area contributed by atoms with Crippen LogP contribution < -0.4 is 64.2 Å². The molecule has 0 saturated heterocycles. The van der Waals surface area contributed by atoms with E-state index in [1.54, 1.807) is 0 Å². The van der Waals surface area contributed by atoms with E-state index in [0.717, 1.165) is 64.2 Å². The summed E-state index contributed by atoms with van der Waals surface area (Å²) in [5.41, 5.74) is 0. The molecule has 0 radical (unpaired) electrons. The van der Waals surface area contributed by atoms with Gasteiger partial charge in [-0.05, 0) is 37.5 Å². The first-order chi connectivity index (χ1) is 23.0. The van der Waals surface area contributed by atoms with Gasteiger partial charge in [0.25, 0.3) is 0 Å². The molecular weight excluding hydrogens is 678 g/mol. The molecule has 3 atom stereocenters. The van der Waals surface area contributed by atoms with Crippen molar-refractivity contribution in [2.75, 3.05) is 13.2 Å². The number of carboxylic acids is 1. The maximum Gasteiger partial charge on any atom is 1.00 e. The molecule has 0 aliphatic heterocycles. The van der Waals surface area contributed by atoms with Gasteiger partial charge >= 0.3 is 71.1 Å². The topological polar surface area (TPSA) is 150 Å². The molecule has 286 valence electrons. The molecule has 0 heterocycles. The number of ether oxygens (including phenoxy) is 2. The zero-order chi connectivity index (χ0) is 36.5. The Balaban J connectivity index is -0.000000428. The minimum atomic E-state index is -5.01. The third-order valence-electron chi connectivity index (χ3n) is 8.98. The van der Waals surface area contributed by atoms with E-state index in [1.165, 1.54) is 83.5 Å². The van der Waals surface area contributed by atoms with Gasteiger partial charge in [0.05, 0.1) is 19.6 Å². The number of hydrogen-bond acceptors (Lipinski definition) is 9. The standard InChI is InChI=1S/C20H38O7S.C18H36O2.2Na/c1-5-9-11-16(7-3)14-26-19(21)13-18(28(23,24)25)20(22)27-15-17(8-4)12-10-6-2;1-2-3-4-5-6-7-8-9-10-11-12-13-14-15-16-17-18(19)20;;/h16-18H,5-15H2,1-4H3,(H,23,24,25);2-17H2,1H3,(H,19,20);;/q;;2*+1/p-2. The summed E-state index contributed by atoms with van der Waals surface area (Å²) in [4.78, 5) is 34.4. The Morgan fingerprint density at radius 2 is 0.920 bits per heavy atom. The fraction of sp³-hybridized carbons (Fsp3) is 0.921. The van der Waals surface area contributed by atoms with Crippen LogP contribution in [0.15, 0.2) is 0 Å². The Morgan fingerprint density at radius 1 is 0.560 bits per heavy atom. The Bertz CT molecular complexity index is 888. The van der Waals surface area contributed by atoms with Gasteiger partial charge in [0.1, 0.15) is 10.1 Å². The summed E-state index contributed by atoms with van der Waals surface area (Å²) in [6, 6.07) is 0. The summed E-state index contributed by atoms with van der Waals surface area (Å²) >= 11 is 0. The number of carbonyl (C=O) groups is 3. The largest absolute Gasteiger partial charge is 1.00 e. The first-order valence-electron chi connectivity index (χ1n) is 19.4.